The van der Waals surface area contributed by atoms with Crippen LogP contribution < -0.4 is 10.2 Å². The van der Waals surface area contributed by atoms with Gasteiger partial charge in [-0.25, -0.2) is 9.69 Å². The first-order chi connectivity index (χ1) is 14.3. The highest BCUT2D eigenvalue weighted by molar-refractivity contribution is 9.10. The van der Waals surface area contributed by atoms with Gasteiger partial charge < -0.3 is 10.2 Å². The van der Waals surface area contributed by atoms with Gasteiger partial charge in [0.1, 0.15) is 5.54 Å². The summed E-state index contributed by atoms with van der Waals surface area (Å²) in [5, 5.41) is 4.09. The predicted molar refractivity (Wildman–Crippen MR) is 123 cm³/mol. The second-order valence-electron chi connectivity index (χ2n) is 7.98. The molecule has 0 saturated carbocycles. The Hall–Kier alpha value is -1.60. The molecule has 3 amide bonds. The van der Waals surface area contributed by atoms with Crippen molar-refractivity contribution in [2.45, 2.75) is 37.8 Å². The van der Waals surface area contributed by atoms with Gasteiger partial charge in [0.2, 0.25) is 0 Å². The number of piperidine rings is 1. The Kier molecular flexibility index (Phi) is 6.13. The van der Waals surface area contributed by atoms with Crippen LogP contribution in [0.5, 0.6) is 0 Å². The van der Waals surface area contributed by atoms with Crippen LogP contribution in [-0.4, -0.2) is 41.5 Å². The van der Waals surface area contributed by atoms with Crippen LogP contribution in [0, 0.1) is 0 Å². The standard InChI is InChI=1S/C22H22BrCl2N3O2/c1-22(13-14-2-4-15(23)5-3-14)20(29)27(19-11-16(24)10-17(25)12-19)21(30)28(22)18-6-8-26-9-7-18/h2-5,10-12,18,26H,6-9,13H2,1H3/t22-/m1/s1. The molecular formula is C22H22BrCl2N3O2. The normalized spacial score (nSPS) is 22.8. The van der Waals surface area contributed by atoms with Gasteiger partial charge in [-0.3, -0.25) is 4.79 Å². The lowest BCUT2D eigenvalue weighted by molar-refractivity contribution is -0.125. The summed E-state index contributed by atoms with van der Waals surface area (Å²) in [6, 6.07) is 12.3. The lowest BCUT2D eigenvalue weighted by Gasteiger charge is -2.40. The average Bonchev–Trinajstić information content (AvgIpc) is 2.89. The smallest absolute Gasteiger partial charge is 0.317 e. The summed E-state index contributed by atoms with van der Waals surface area (Å²) < 4.78 is 0.968. The molecule has 1 N–H and O–H groups in total. The summed E-state index contributed by atoms with van der Waals surface area (Å²) in [6.45, 7) is 3.50. The van der Waals surface area contributed by atoms with Crippen LogP contribution in [0.25, 0.3) is 0 Å². The van der Waals surface area contributed by atoms with E-state index in [-0.39, 0.29) is 18.0 Å². The summed E-state index contributed by atoms with van der Waals surface area (Å²) in [7, 11) is 0. The summed E-state index contributed by atoms with van der Waals surface area (Å²) in [6.07, 6.45) is 2.04. The van der Waals surface area contributed by atoms with Crippen LogP contribution in [0.15, 0.2) is 46.9 Å². The number of rotatable bonds is 4. The number of halogens is 3. The van der Waals surface area contributed by atoms with E-state index in [4.69, 9.17) is 23.2 Å². The number of hydrogen-bond donors (Lipinski definition) is 1. The van der Waals surface area contributed by atoms with Gasteiger partial charge in [0, 0.05) is 27.0 Å². The minimum Gasteiger partial charge on any atom is -0.317 e. The summed E-state index contributed by atoms with van der Waals surface area (Å²) in [5.41, 5.74) is 0.398. The first-order valence-corrected chi connectivity index (χ1v) is 11.4. The molecular weight excluding hydrogens is 489 g/mol. The van der Waals surface area contributed by atoms with E-state index >= 15 is 0 Å². The van der Waals surface area contributed by atoms with E-state index in [0.29, 0.717) is 22.2 Å². The highest BCUT2D eigenvalue weighted by Crippen LogP contribution is 2.39. The van der Waals surface area contributed by atoms with Crippen LogP contribution in [-0.2, 0) is 11.2 Å². The molecule has 0 radical (unpaired) electrons. The minimum atomic E-state index is -0.998. The summed E-state index contributed by atoms with van der Waals surface area (Å²) in [4.78, 5) is 30.4. The Bertz CT molecular complexity index is 959. The number of benzene rings is 2. The molecule has 2 aromatic carbocycles. The maximum atomic E-state index is 13.7. The second kappa shape index (κ2) is 8.50. The molecule has 2 fully saturated rings. The first kappa shape index (κ1) is 21.6. The molecule has 2 aromatic rings. The van der Waals surface area contributed by atoms with Crippen molar-refractivity contribution in [2.75, 3.05) is 18.0 Å². The van der Waals surface area contributed by atoms with Crippen LogP contribution >= 0.6 is 39.1 Å². The largest absolute Gasteiger partial charge is 0.332 e. The van der Waals surface area contributed by atoms with E-state index in [9.17, 15) is 9.59 Å². The maximum absolute atomic E-state index is 13.7. The monoisotopic (exact) mass is 509 g/mol. The highest BCUT2D eigenvalue weighted by atomic mass is 79.9. The fourth-order valence-electron chi connectivity index (χ4n) is 4.43. The summed E-state index contributed by atoms with van der Waals surface area (Å²) >= 11 is 15.8. The van der Waals surface area contributed by atoms with Gasteiger partial charge in [-0.2, -0.15) is 0 Å². The maximum Gasteiger partial charge on any atom is 0.332 e. The summed E-state index contributed by atoms with van der Waals surface area (Å²) in [5.74, 6) is -0.257. The molecule has 30 heavy (non-hydrogen) atoms. The lowest BCUT2D eigenvalue weighted by Crippen LogP contribution is -2.55. The molecule has 1 atom stereocenters. The lowest BCUT2D eigenvalue weighted by atomic mass is 9.88. The molecule has 8 heteroatoms. The molecule has 0 aromatic heterocycles. The van der Waals surface area contributed by atoms with Gasteiger partial charge in [-0.15, -0.1) is 0 Å². The van der Waals surface area contributed by atoms with Crippen molar-refractivity contribution in [3.05, 3.63) is 62.5 Å². The number of carbonyl (C=O) groups is 2. The molecule has 2 heterocycles. The van der Waals surface area contributed by atoms with Crippen molar-refractivity contribution in [3.63, 3.8) is 0 Å². The number of nitrogens with zero attached hydrogens (tertiary/aromatic N) is 2. The van der Waals surface area contributed by atoms with Crippen molar-refractivity contribution in [2.24, 2.45) is 0 Å². The second-order valence-corrected chi connectivity index (χ2v) is 9.77. The minimum absolute atomic E-state index is 0.0113. The third-order valence-electron chi connectivity index (χ3n) is 5.83. The van der Waals surface area contributed by atoms with Gasteiger partial charge in [-0.05, 0) is 68.8 Å². The van der Waals surface area contributed by atoms with Gasteiger partial charge >= 0.3 is 6.03 Å². The van der Waals surface area contributed by atoms with E-state index in [0.717, 1.165) is 36.0 Å². The molecule has 2 saturated heterocycles. The van der Waals surface area contributed by atoms with Crippen LogP contribution in [0.1, 0.15) is 25.3 Å². The van der Waals surface area contributed by atoms with Crippen molar-refractivity contribution in [1.29, 1.82) is 0 Å². The topological polar surface area (TPSA) is 52.7 Å². The van der Waals surface area contributed by atoms with Crippen molar-refractivity contribution < 1.29 is 9.59 Å². The molecule has 2 aliphatic heterocycles. The van der Waals surface area contributed by atoms with Crippen molar-refractivity contribution in [1.82, 2.24) is 10.2 Å². The molecule has 2 aliphatic rings. The number of anilines is 1. The number of nitrogens with one attached hydrogen (secondary N) is 1. The van der Waals surface area contributed by atoms with Gasteiger partial charge in [0.25, 0.3) is 5.91 Å². The quantitative estimate of drug-likeness (QED) is 0.569. The third-order valence-corrected chi connectivity index (χ3v) is 6.80. The number of carbonyl (C=O) groups excluding carboxylic acids is 2. The molecule has 0 aliphatic carbocycles. The van der Waals surface area contributed by atoms with Crippen LogP contribution in [0.3, 0.4) is 0 Å². The molecule has 0 unspecified atom stereocenters. The first-order valence-electron chi connectivity index (χ1n) is 9.89. The number of hydrogen-bond acceptors (Lipinski definition) is 3. The zero-order valence-electron chi connectivity index (χ0n) is 16.5. The number of amides is 3. The molecule has 0 bridgehead atoms. The van der Waals surface area contributed by atoms with E-state index < -0.39 is 5.54 Å². The van der Waals surface area contributed by atoms with Crippen molar-refractivity contribution in [3.8, 4) is 0 Å². The third kappa shape index (κ3) is 3.98. The fourth-order valence-corrected chi connectivity index (χ4v) is 5.21. The Morgan fingerprint density at radius 2 is 1.67 bits per heavy atom. The van der Waals surface area contributed by atoms with Crippen LogP contribution in [0.2, 0.25) is 10.0 Å². The van der Waals surface area contributed by atoms with Gasteiger partial charge in [-0.1, -0.05) is 51.3 Å². The van der Waals surface area contributed by atoms with E-state index in [1.165, 1.54) is 4.90 Å². The molecule has 158 valence electrons. The van der Waals surface area contributed by atoms with E-state index in [1.807, 2.05) is 31.2 Å². The fraction of sp³-hybridized carbons (Fsp3) is 0.364. The van der Waals surface area contributed by atoms with Crippen molar-refractivity contribution >= 4 is 56.8 Å². The van der Waals surface area contributed by atoms with Gasteiger partial charge in [0.05, 0.1) is 5.69 Å². The molecule has 4 rings (SSSR count). The van der Waals surface area contributed by atoms with E-state index in [1.54, 1.807) is 23.1 Å². The zero-order valence-corrected chi connectivity index (χ0v) is 19.6. The number of imide groups is 1. The Morgan fingerprint density at radius 3 is 2.27 bits per heavy atom. The Labute approximate surface area is 194 Å². The molecule has 5 nitrogen and oxygen atoms in total. The average molecular weight is 511 g/mol. The van der Waals surface area contributed by atoms with Gasteiger partial charge in [0.15, 0.2) is 0 Å². The SMILES string of the molecule is C[C@@]1(Cc2ccc(Br)cc2)C(=O)N(c2cc(Cl)cc(Cl)c2)C(=O)N1C1CCNCC1. The Morgan fingerprint density at radius 1 is 1.07 bits per heavy atom. The molecule has 0 spiro atoms. The zero-order chi connectivity index (χ0) is 21.5. The van der Waals surface area contributed by atoms with Crippen LogP contribution in [0.4, 0.5) is 10.5 Å². The Balaban J connectivity index is 1.77. The van der Waals surface area contributed by atoms with E-state index in [2.05, 4.69) is 21.2 Å². The highest BCUT2D eigenvalue weighted by Gasteiger charge is 2.56. The predicted octanol–water partition coefficient (Wildman–Crippen LogP) is 5.28. The number of urea groups is 1.